The first-order valence-corrected chi connectivity index (χ1v) is 16.4. The number of hydrogen-bond donors (Lipinski definition) is 0. The molecule has 0 atom stereocenters. The largest absolute Gasteiger partial charge is 0.292 e. The van der Waals surface area contributed by atoms with Crippen LogP contribution in [0.1, 0.15) is 0 Å². The normalized spacial score (nSPS) is 12.3. The number of rotatable bonds is 2. The van der Waals surface area contributed by atoms with Crippen molar-refractivity contribution in [1.29, 1.82) is 0 Å². The molecule has 0 fully saturated rings. The van der Waals surface area contributed by atoms with Crippen LogP contribution in [0.15, 0.2) is 140 Å². The number of thiophene rings is 1. The molecule has 1 aliphatic carbocycles. The first kappa shape index (κ1) is 24.5. The Morgan fingerprint density at radius 3 is 1.70 bits per heavy atom. The number of benzene rings is 7. The summed E-state index contributed by atoms with van der Waals surface area (Å²) in [6.07, 6.45) is 0. The number of hydrogen-bond acceptors (Lipinski definition) is 3. The van der Waals surface area contributed by atoms with E-state index in [1.807, 2.05) is 23.5 Å². The highest BCUT2D eigenvalue weighted by molar-refractivity contribution is 7.26. The third-order valence-electron chi connectivity index (χ3n) is 9.73. The summed E-state index contributed by atoms with van der Waals surface area (Å²) in [5.74, 6) is 0.852. The number of nitrogens with zero attached hydrogens (tertiary/aromatic N) is 3. The van der Waals surface area contributed by atoms with Gasteiger partial charge in [0.25, 0.3) is 0 Å². The summed E-state index contributed by atoms with van der Waals surface area (Å²) in [6.45, 7) is 0. The Balaban J connectivity index is 1.33. The molecule has 0 bridgehead atoms. The van der Waals surface area contributed by atoms with E-state index in [1.54, 1.807) is 0 Å². The zero-order valence-corrected chi connectivity index (χ0v) is 25.3. The molecule has 46 heavy (non-hydrogen) atoms. The van der Waals surface area contributed by atoms with Crippen molar-refractivity contribution < 1.29 is 0 Å². The topological polar surface area (TPSA) is 30.7 Å². The highest BCUT2D eigenvalue weighted by atomic mass is 32.1. The van der Waals surface area contributed by atoms with Gasteiger partial charge < -0.3 is 0 Å². The van der Waals surface area contributed by atoms with Gasteiger partial charge in [0.1, 0.15) is 5.69 Å². The van der Waals surface area contributed by atoms with Crippen molar-refractivity contribution in [2.75, 3.05) is 0 Å². The number of aromatic nitrogens is 3. The molecule has 0 spiro atoms. The zero-order chi connectivity index (χ0) is 29.9. The van der Waals surface area contributed by atoms with Crippen LogP contribution in [-0.4, -0.2) is 14.5 Å². The molecule has 0 aliphatic heterocycles. The van der Waals surface area contributed by atoms with Crippen molar-refractivity contribution in [2.24, 2.45) is 0 Å². The van der Waals surface area contributed by atoms with Crippen LogP contribution in [0.25, 0.3) is 103 Å². The van der Waals surface area contributed by atoms with Gasteiger partial charge in [0.15, 0.2) is 5.82 Å². The van der Waals surface area contributed by atoms with Crippen molar-refractivity contribution >= 4 is 75.1 Å². The maximum atomic E-state index is 5.45. The van der Waals surface area contributed by atoms with Crippen LogP contribution >= 0.6 is 11.3 Å². The molecular weight excluding hydrogens is 579 g/mol. The Hall–Kier alpha value is -5.84. The lowest BCUT2D eigenvalue weighted by Gasteiger charge is -2.16. The van der Waals surface area contributed by atoms with E-state index in [-0.39, 0.29) is 0 Å². The molecule has 7 aromatic carbocycles. The van der Waals surface area contributed by atoms with Gasteiger partial charge >= 0.3 is 0 Å². The van der Waals surface area contributed by atoms with E-state index >= 15 is 0 Å². The predicted octanol–water partition coefficient (Wildman–Crippen LogP) is 11.6. The van der Waals surface area contributed by atoms with Crippen LogP contribution < -0.4 is 0 Å². The molecule has 0 saturated heterocycles. The van der Waals surface area contributed by atoms with Gasteiger partial charge in [-0.05, 0) is 63.4 Å². The van der Waals surface area contributed by atoms with Crippen LogP contribution in [0, 0.1) is 0 Å². The Morgan fingerprint density at radius 1 is 0.435 bits per heavy atom. The molecule has 0 radical (unpaired) electrons. The highest BCUT2D eigenvalue weighted by Crippen LogP contribution is 2.50. The van der Waals surface area contributed by atoms with Crippen LogP contribution in [0.2, 0.25) is 0 Å². The van der Waals surface area contributed by atoms with E-state index in [2.05, 4.69) is 132 Å². The van der Waals surface area contributed by atoms with Crippen molar-refractivity contribution in [3.05, 3.63) is 140 Å². The van der Waals surface area contributed by atoms with Gasteiger partial charge in [-0.15, -0.1) is 11.3 Å². The highest BCUT2D eigenvalue weighted by Gasteiger charge is 2.27. The molecule has 1 aliphatic rings. The van der Waals surface area contributed by atoms with Gasteiger partial charge in [0.05, 0.1) is 22.1 Å². The lowest BCUT2D eigenvalue weighted by Crippen LogP contribution is -2.04. The van der Waals surface area contributed by atoms with Gasteiger partial charge in [-0.3, -0.25) is 4.57 Å². The third-order valence-corrected chi connectivity index (χ3v) is 10.9. The number of fused-ring (bicyclic) bond motifs is 6. The Kier molecular flexibility index (Phi) is 4.72. The third kappa shape index (κ3) is 3.11. The quantitative estimate of drug-likeness (QED) is 0.197. The van der Waals surface area contributed by atoms with E-state index < -0.39 is 0 Å². The van der Waals surface area contributed by atoms with Crippen molar-refractivity contribution in [3.63, 3.8) is 0 Å². The minimum Gasteiger partial charge on any atom is -0.292 e. The summed E-state index contributed by atoms with van der Waals surface area (Å²) in [4.78, 5) is 10.9. The first-order valence-electron chi connectivity index (χ1n) is 15.6. The maximum absolute atomic E-state index is 5.45. The van der Waals surface area contributed by atoms with E-state index in [0.29, 0.717) is 0 Å². The van der Waals surface area contributed by atoms with Gasteiger partial charge in [0, 0.05) is 36.5 Å². The van der Waals surface area contributed by atoms with Crippen molar-refractivity contribution in [3.8, 4) is 39.3 Å². The fourth-order valence-electron chi connectivity index (χ4n) is 7.84. The van der Waals surface area contributed by atoms with Crippen molar-refractivity contribution in [2.45, 2.75) is 0 Å². The van der Waals surface area contributed by atoms with Crippen LogP contribution in [-0.2, 0) is 0 Å². The summed E-state index contributed by atoms with van der Waals surface area (Å²) in [5, 5.41) is 7.64. The molecule has 0 saturated carbocycles. The van der Waals surface area contributed by atoms with Gasteiger partial charge in [0.2, 0.25) is 0 Å². The second-order valence-corrected chi connectivity index (χ2v) is 13.2. The second-order valence-electron chi connectivity index (χ2n) is 12.1. The van der Waals surface area contributed by atoms with Gasteiger partial charge in [-0.1, -0.05) is 109 Å². The van der Waals surface area contributed by atoms with Crippen molar-refractivity contribution in [1.82, 2.24) is 14.5 Å². The summed E-state index contributed by atoms with van der Waals surface area (Å²) in [7, 11) is 0. The van der Waals surface area contributed by atoms with Crippen LogP contribution in [0.5, 0.6) is 0 Å². The lowest BCUT2D eigenvalue weighted by molar-refractivity contribution is 1.08. The zero-order valence-electron chi connectivity index (χ0n) is 24.5. The SMILES string of the molecule is c1cc2c3c(cccc3c1)-c1cccc3c1c1c-2cccc1n3-c1nc2ccccc2nc1-c1cccc2c1sc1ccccc12. The van der Waals surface area contributed by atoms with E-state index in [1.165, 1.54) is 64.0 Å². The lowest BCUT2D eigenvalue weighted by atomic mass is 9.93. The molecule has 0 amide bonds. The molecule has 10 aromatic rings. The molecular formula is C42H23N3S. The number of para-hydroxylation sites is 2. The molecule has 3 nitrogen and oxygen atoms in total. The summed E-state index contributed by atoms with van der Waals surface area (Å²) >= 11 is 1.83. The molecule has 3 heterocycles. The molecule has 11 rings (SSSR count). The molecule has 0 N–H and O–H groups in total. The molecule has 3 aromatic heterocycles. The fourth-order valence-corrected chi connectivity index (χ4v) is 9.05. The van der Waals surface area contributed by atoms with E-state index in [0.717, 1.165) is 39.1 Å². The minimum absolute atomic E-state index is 0.852. The Labute approximate surface area is 267 Å². The Morgan fingerprint density at radius 2 is 0.978 bits per heavy atom. The minimum atomic E-state index is 0.852. The molecule has 0 unspecified atom stereocenters. The van der Waals surface area contributed by atoms with Crippen LogP contribution in [0.3, 0.4) is 0 Å². The second kappa shape index (κ2) is 8.87. The first-order chi connectivity index (χ1) is 22.8. The average Bonchev–Trinajstić information content (AvgIpc) is 3.63. The molecule has 4 heteroatoms. The fraction of sp³-hybridized carbons (Fsp3) is 0. The summed E-state index contributed by atoms with van der Waals surface area (Å²) in [5.41, 5.74) is 11.1. The summed E-state index contributed by atoms with van der Waals surface area (Å²) in [6, 6.07) is 50.3. The van der Waals surface area contributed by atoms with E-state index in [4.69, 9.17) is 9.97 Å². The monoisotopic (exact) mass is 601 g/mol. The predicted molar refractivity (Wildman–Crippen MR) is 194 cm³/mol. The summed E-state index contributed by atoms with van der Waals surface area (Å²) < 4.78 is 4.88. The maximum Gasteiger partial charge on any atom is 0.165 e. The van der Waals surface area contributed by atoms with Gasteiger partial charge in [-0.25, -0.2) is 9.97 Å². The smallest absolute Gasteiger partial charge is 0.165 e. The average molecular weight is 602 g/mol. The molecule has 212 valence electrons. The van der Waals surface area contributed by atoms with Gasteiger partial charge in [-0.2, -0.15) is 0 Å². The Bertz CT molecular complexity index is 2830. The van der Waals surface area contributed by atoms with E-state index in [9.17, 15) is 0 Å². The van der Waals surface area contributed by atoms with Crippen LogP contribution in [0.4, 0.5) is 0 Å². The standard InChI is InChI=1S/C42H23N3S/c1-4-23-36-25(12-1)30-17-7-18-31(41(30)46-36)40-42(44-33-20-3-2-19-32(33)43-40)45-34-21-8-15-28-26-13-5-10-24-11-6-14-27(37(24)26)29-16-9-22-35(45)39(29)38(28)34/h1-23H.